The van der Waals surface area contributed by atoms with Crippen LogP contribution in [0.4, 0.5) is 5.69 Å². The van der Waals surface area contributed by atoms with Crippen molar-refractivity contribution in [3.8, 4) is 6.19 Å². The number of hydrogen-bond donors (Lipinski definition) is 3. The number of amides is 2. The van der Waals surface area contributed by atoms with Crippen LogP contribution in [0, 0.1) is 18.4 Å². The lowest BCUT2D eigenvalue weighted by molar-refractivity contribution is -0.136. The zero-order valence-electron chi connectivity index (χ0n) is 20.9. The number of rotatable bonds is 9. The molecule has 1 aliphatic heterocycles. The molecule has 2 aromatic rings. The van der Waals surface area contributed by atoms with Gasteiger partial charge in [0.15, 0.2) is 6.19 Å². The zero-order chi connectivity index (χ0) is 25.2. The predicted molar refractivity (Wildman–Crippen MR) is 137 cm³/mol. The molecule has 35 heavy (non-hydrogen) atoms. The molecule has 0 saturated carbocycles. The van der Waals surface area contributed by atoms with Gasteiger partial charge >= 0.3 is 0 Å². The van der Waals surface area contributed by atoms with Crippen molar-refractivity contribution < 1.29 is 14.0 Å². The molecule has 1 saturated heterocycles. The Morgan fingerprint density at radius 3 is 2.91 bits per heavy atom. The first-order chi connectivity index (χ1) is 16.9. The minimum absolute atomic E-state index is 0.0217. The van der Waals surface area contributed by atoms with E-state index in [0.29, 0.717) is 18.7 Å². The topological polar surface area (TPSA) is 123 Å². The van der Waals surface area contributed by atoms with E-state index in [1.807, 2.05) is 44.3 Å². The third kappa shape index (κ3) is 7.74. The minimum atomic E-state index is -0.671. The highest BCUT2D eigenvalue weighted by Crippen LogP contribution is 2.23. The molecule has 1 unspecified atom stereocenters. The molecule has 1 aromatic heterocycles. The summed E-state index contributed by atoms with van der Waals surface area (Å²) in [6.07, 6.45) is 8.35. The molecule has 0 radical (unpaired) electrons. The first-order valence-electron chi connectivity index (χ1n) is 12.5. The van der Waals surface area contributed by atoms with Crippen molar-refractivity contribution in [2.75, 3.05) is 18.4 Å². The second-order valence-corrected chi connectivity index (χ2v) is 9.18. The smallest absolute Gasteiger partial charge is 0.247 e. The second kappa shape index (κ2) is 12.8. The molecule has 1 aliphatic rings. The molecule has 0 spiro atoms. The maximum absolute atomic E-state index is 13.2. The Balaban J connectivity index is 1.67. The number of nitrogens with zero attached hydrogens (tertiary/aromatic N) is 3. The van der Waals surface area contributed by atoms with Gasteiger partial charge in [-0.2, -0.15) is 5.26 Å². The zero-order valence-corrected chi connectivity index (χ0v) is 20.9. The summed E-state index contributed by atoms with van der Waals surface area (Å²) in [5, 5.41) is 18.8. The lowest BCUT2D eigenvalue weighted by Gasteiger charge is -2.24. The van der Waals surface area contributed by atoms with Gasteiger partial charge < -0.3 is 20.0 Å². The number of carbonyl (C=O) groups is 2. The molecule has 188 valence electrons. The SMILES string of the molecule is CCCCCC(C)NC(=O)CN1CCCC[C@H](N=C(NC#N)Nc2ccc3oc(C)cc3c2)C1=O. The number of nitrogens with one attached hydrogen (secondary N) is 3. The highest BCUT2D eigenvalue weighted by molar-refractivity contribution is 5.98. The molecule has 3 rings (SSSR count). The van der Waals surface area contributed by atoms with Crippen LogP contribution in [-0.4, -0.2) is 47.8 Å². The molecule has 2 heterocycles. The van der Waals surface area contributed by atoms with Crippen LogP contribution in [0.1, 0.15) is 64.6 Å². The molecule has 0 bridgehead atoms. The Bertz CT molecular complexity index is 1090. The van der Waals surface area contributed by atoms with Crippen molar-refractivity contribution in [3.63, 3.8) is 0 Å². The molecule has 0 aliphatic carbocycles. The third-order valence-corrected chi connectivity index (χ3v) is 6.10. The van der Waals surface area contributed by atoms with E-state index in [0.717, 1.165) is 55.3 Å². The van der Waals surface area contributed by atoms with Crippen LogP contribution in [0.5, 0.6) is 0 Å². The Morgan fingerprint density at radius 1 is 1.31 bits per heavy atom. The van der Waals surface area contributed by atoms with Gasteiger partial charge in [0, 0.05) is 23.7 Å². The molecule has 2 atom stereocenters. The average molecular weight is 481 g/mol. The number of carbonyl (C=O) groups excluding carboxylic acids is 2. The van der Waals surface area contributed by atoms with Gasteiger partial charge in [0.1, 0.15) is 17.4 Å². The molecule has 9 nitrogen and oxygen atoms in total. The van der Waals surface area contributed by atoms with Crippen molar-refractivity contribution in [2.24, 2.45) is 4.99 Å². The number of fused-ring (bicyclic) bond motifs is 1. The number of benzene rings is 1. The number of aryl methyl sites for hydroxylation is 1. The molecular weight excluding hydrogens is 444 g/mol. The maximum Gasteiger partial charge on any atom is 0.247 e. The highest BCUT2D eigenvalue weighted by atomic mass is 16.3. The molecule has 2 amide bonds. The molecule has 1 fully saturated rings. The van der Waals surface area contributed by atoms with Crippen LogP contribution in [0.3, 0.4) is 0 Å². The van der Waals surface area contributed by atoms with E-state index < -0.39 is 6.04 Å². The van der Waals surface area contributed by atoms with E-state index in [1.54, 1.807) is 4.90 Å². The summed E-state index contributed by atoms with van der Waals surface area (Å²) in [4.78, 5) is 31.9. The minimum Gasteiger partial charge on any atom is -0.461 e. The van der Waals surface area contributed by atoms with Crippen LogP contribution >= 0.6 is 0 Å². The third-order valence-electron chi connectivity index (χ3n) is 6.10. The van der Waals surface area contributed by atoms with Crippen LogP contribution in [-0.2, 0) is 9.59 Å². The van der Waals surface area contributed by atoms with Crippen LogP contribution < -0.4 is 16.0 Å². The fraction of sp³-hybridized carbons (Fsp3) is 0.538. The van der Waals surface area contributed by atoms with Crippen LogP contribution in [0.2, 0.25) is 0 Å². The summed E-state index contributed by atoms with van der Waals surface area (Å²) in [5.74, 6) is 0.659. The van der Waals surface area contributed by atoms with Gasteiger partial charge in [0.2, 0.25) is 17.8 Å². The molecule has 3 N–H and O–H groups in total. The van der Waals surface area contributed by atoms with Gasteiger partial charge in [0.25, 0.3) is 0 Å². The Hall–Kier alpha value is -3.54. The summed E-state index contributed by atoms with van der Waals surface area (Å²) in [5.41, 5.74) is 1.49. The number of hydrogen-bond acceptors (Lipinski definition) is 5. The summed E-state index contributed by atoms with van der Waals surface area (Å²) in [6, 6.07) is 6.90. The van der Waals surface area contributed by atoms with Gasteiger partial charge in [0.05, 0.1) is 6.54 Å². The van der Waals surface area contributed by atoms with E-state index in [9.17, 15) is 14.9 Å². The lowest BCUT2D eigenvalue weighted by atomic mass is 10.1. The maximum atomic E-state index is 13.2. The Morgan fingerprint density at radius 2 is 2.14 bits per heavy atom. The number of guanidine groups is 1. The van der Waals surface area contributed by atoms with Crippen molar-refractivity contribution in [3.05, 3.63) is 30.0 Å². The summed E-state index contributed by atoms with van der Waals surface area (Å²) in [7, 11) is 0. The summed E-state index contributed by atoms with van der Waals surface area (Å²) >= 11 is 0. The lowest BCUT2D eigenvalue weighted by Crippen LogP contribution is -2.46. The van der Waals surface area contributed by atoms with Crippen LogP contribution in [0.25, 0.3) is 11.0 Å². The van der Waals surface area contributed by atoms with Crippen LogP contribution in [0.15, 0.2) is 33.7 Å². The molecule has 9 heteroatoms. The van der Waals surface area contributed by atoms with Gasteiger partial charge in [-0.25, -0.2) is 4.99 Å². The number of furan rings is 1. The van der Waals surface area contributed by atoms with Gasteiger partial charge in [-0.3, -0.25) is 14.9 Å². The second-order valence-electron chi connectivity index (χ2n) is 9.18. The fourth-order valence-electron chi connectivity index (χ4n) is 4.32. The largest absolute Gasteiger partial charge is 0.461 e. The predicted octanol–water partition coefficient (Wildman–Crippen LogP) is 4.05. The van der Waals surface area contributed by atoms with Crippen molar-refractivity contribution in [2.45, 2.75) is 77.8 Å². The van der Waals surface area contributed by atoms with Crippen molar-refractivity contribution >= 4 is 34.4 Å². The van der Waals surface area contributed by atoms with Gasteiger partial charge in [-0.05, 0) is 63.8 Å². The first kappa shape index (κ1) is 26.1. The summed E-state index contributed by atoms with van der Waals surface area (Å²) in [6.45, 7) is 6.58. The number of anilines is 1. The fourth-order valence-corrected chi connectivity index (χ4v) is 4.32. The van der Waals surface area contributed by atoms with Crippen molar-refractivity contribution in [1.29, 1.82) is 5.26 Å². The van der Waals surface area contributed by atoms with Gasteiger partial charge in [-0.1, -0.05) is 26.2 Å². The Kier molecular flexibility index (Phi) is 9.53. The summed E-state index contributed by atoms with van der Waals surface area (Å²) < 4.78 is 5.61. The number of likely N-dealkylation sites (tertiary alicyclic amines) is 1. The first-order valence-corrected chi connectivity index (χ1v) is 12.5. The number of nitriles is 1. The normalized spacial score (nSPS) is 17.5. The monoisotopic (exact) mass is 480 g/mol. The quantitative estimate of drug-likeness (QED) is 0.164. The average Bonchev–Trinajstić information content (AvgIpc) is 3.10. The van der Waals surface area contributed by atoms with E-state index in [1.165, 1.54) is 0 Å². The molecular formula is C26H36N6O3. The Labute approximate surface area is 206 Å². The molecule has 1 aromatic carbocycles. The van der Waals surface area contributed by atoms with Crippen molar-refractivity contribution in [1.82, 2.24) is 15.5 Å². The standard InChI is InChI=1S/C26H36N6O3/c1-4-5-6-9-18(2)29-24(33)16-32-13-8-7-10-22(25(32)34)31-26(28-17-27)30-21-11-12-23-20(15-21)14-19(3)35-23/h11-12,14-15,18,22H,4-10,13,16H2,1-3H3,(H,29,33)(H2,28,30,31)/t18?,22-/m0/s1. The van der Waals surface area contributed by atoms with E-state index >= 15 is 0 Å². The van der Waals surface area contributed by atoms with E-state index in [2.05, 4.69) is 27.9 Å². The number of unbranched alkanes of at least 4 members (excludes halogenated alkanes) is 2. The highest BCUT2D eigenvalue weighted by Gasteiger charge is 2.28. The number of aliphatic imine (C=N–C) groups is 1. The van der Waals surface area contributed by atoms with Gasteiger partial charge in [-0.15, -0.1) is 0 Å². The van der Waals surface area contributed by atoms with E-state index in [4.69, 9.17) is 4.42 Å². The van der Waals surface area contributed by atoms with E-state index in [-0.39, 0.29) is 30.4 Å².